The molecule has 0 spiro atoms. The van der Waals surface area contributed by atoms with Crippen molar-refractivity contribution in [2.24, 2.45) is 35.5 Å². The van der Waals surface area contributed by atoms with Crippen LogP contribution in [0.4, 0.5) is 0 Å². The molecule has 0 aromatic rings. The molecule has 0 aromatic heterocycles. The standard InChI is InChI=1S/C33H60/c1-2-14-29-20-9-10-22-31-16-5-6-18-33(27-31)24-12-11-23-32-17-4-3-15-30(26-32)21-8-7-19-28(13-1)25-29/h28-33H,1-27H2. The van der Waals surface area contributed by atoms with Gasteiger partial charge in [0.25, 0.3) is 0 Å². The lowest BCUT2D eigenvalue weighted by molar-refractivity contribution is 0.304. The van der Waals surface area contributed by atoms with Crippen molar-refractivity contribution in [3.8, 4) is 0 Å². The summed E-state index contributed by atoms with van der Waals surface area (Å²) in [6.45, 7) is 0. The van der Waals surface area contributed by atoms with Crippen molar-refractivity contribution in [3.05, 3.63) is 0 Å². The first kappa shape index (κ1) is 26.1. The van der Waals surface area contributed by atoms with Crippen molar-refractivity contribution in [2.45, 2.75) is 173 Å². The Morgan fingerprint density at radius 3 is 0.424 bits per heavy atom. The molecule has 0 heteroatoms. The van der Waals surface area contributed by atoms with Gasteiger partial charge >= 0.3 is 0 Å². The third-order valence-electron chi connectivity index (χ3n) is 10.8. The van der Waals surface area contributed by atoms with Gasteiger partial charge in [-0.15, -0.1) is 0 Å². The van der Waals surface area contributed by atoms with Crippen LogP contribution in [0.15, 0.2) is 0 Å². The lowest BCUT2D eigenvalue weighted by Crippen LogP contribution is -2.08. The van der Waals surface area contributed by atoms with Crippen molar-refractivity contribution in [1.82, 2.24) is 0 Å². The SMILES string of the molecule is C1CCC2CCCCC3CCCCC(CCCCC4CCCCC(CCCCC(C1)C2)C4)C3. The molecule has 0 aromatic carbocycles. The van der Waals surface area contributed by atoms with Crippen molar-refractivity contribution >= 4 is 0 Å². The smallest absolute Gasteiger partial charge is 0.0412 e. The van der Waals surface area contributed by atoms with E-state index in [1.165, 1.54) is 38.5 Å². The topological polar surface area (TPSA) is 0 Å². The molecule has 4 saturated carbocycles. The van der Waals surface area contributed by atoms with Gasteiger partial charge in [0.15, 0.2) is 0 Å². The second-order valence-corrected chi connectivity index (χ2v) is 13.6. The van der Waals surface area contributed by atoms with E-state index in [9.17, 15) is 0 Å². The first-order chi connectivity index (χ1) is 16.3. The highest BCUT2D eigenvalue weighted by Gasteiger charge is 2.24. The molecule has 0 unspecified atom stereocenters. The Bertz CT molecular complexity index is 381. The lowest BCUT2D eigenvalue weighted by atomic mass is 9.84. The Morgan fingerprint density at radius 2 is 0.303 bits per heavy atom. The van der Waals surface area contributed by atoms with E-state index in [2.05, 4.69) is 0 Å². The summed E-state index contributed by atoms with van der Waals surface area (Å²) < 4.78 is 0. The van der Waals surface area contributed by atoms with Crippen LogP contribution in [0.25, 0.3) is 0 Å². The normalized spacial score (nSPS) is 39.3. The van der Waals surface area contributed by atoms with Crippen LogP contribution in [-0.2, 0) is 0 Å². The molecule has 0 nitrogen and oxygen atoms in total. The third kappa shape index (κ3) is 9.88. The molecule has 0 amide bonds. The number of hydrogen-bond donors (Lipinski definition) is 0. The zero-order valence-electron chi connectivity index (χ0n) is 22.6. The molecular formula is C33H60. The highest BCUT2D eigenvalue weighted by Crippen LogP contribution is 2.38. The van der Waals surface area contributed by atoms with E-state index in [-0.39, 0.29) is 0 Å². The van der Waals surface area contributed by atoms with E-state index < -0.39 is 0 Å². The van der Waals surface area contributed by atoms with Gasteiger partial charge in [0.1, 0.15) is 0 Å². The summed E-state index contributed by atoms with van der Waals surface area (Å²) in [5, 5.41) is 0. The third-order valence-corrected chi connectivity index (χ3v) is 10.8. The van der Waals surface area contributed by atoms with Crippen LogP contribution in [-0.4, -0.2) is 0 Å². The fraction of sp³-hybridized carbons (Fsp3) is 1.00. The molecule has 4 rings (SSSR count). The lowest BCUT2D eigenvalue weighted by Gasteiger charge is -2.22. The monoisotopic (exact) mass is 456 g/mol. The number of rotatable bonds is 0. The van der Waals surface area contributed by atoms with Gasteiger partial charge in [-0.25, -0.2) is 0 Å². The molecule has 4 aliphatic rings. The van der Waals surface area contributed by atoms with Gasteiger partial charge in [-0.1, -0.05) is 154 Å². The first-order valence-electron chi connectivity index (χ1n) is 16.3. The van der Waals surface area contributed by atoms with Gasteiger partial charge in [0.05, 0.1) is 0 Å². The molecule has 4 aliphatic carbocycles. The summed E-state index contributed by atoms with van der Waals surface area (Å²) >= 11 is 0. The van der Waals surface area contributed by atoms with Crippen LogP contribution in [0.2, 0.25) is 0 Å². The average molecular weight is 457 g/mol. The number of hydrogen-bond acceptors (Lipinski definition) is 0. The van der Waals surface area contributed by atoms with Crippen LogP contribution in [0, 0.1) is 35.5 Å². The Hall–Kier alpha value is 0. The van der Waals surface area contributed by atoms with Crippen LogP contribution >= 0.6 is 0 Å². The highest BCUT2D eigenvalue weighted by atomic mass is 14.3. The molecule has 6 bridgehead atoms. The van der Waals surface area contributed by atoms with E-state index in [0.717, 1.165) is 35.5 Å². The van der Waals surface area contributed by atoms with Crippen LogP contribution in [0.5, 0.6) is 0 Å². The largest absolute Gasteiger partial charge is 0.0530 e. The van der Waals surface area contributed by atoms with E-state index in [1.54, 1.807) is 135 Å². The van der Waals surface area contributed by atoms with Gasteiger partial charge in [-0.3, -0.25) is 0 Å². The molecule has 4 fully saturated rings. The quantitative estimate of drug-likeness (QED) is 0.340. The maximum atomic E-state index is 1.59. The van der Waals surface area contributed by atoms with E-state index >= 15 is 0 Å². The summed E-state index contributed by atoms with van der Waals surface area (Å²) in [6.07, 6.45) is 42.0. The Labute approximate surface area is 208 Å². The van der Waals surface area contributed by atoms with Crippen molar-refractivity contribution in [2.75, 3.05) is 0 Å². The van der Waals surface area contributed by atoms with E-state index in [0.29, 0.717) is 0 Å². The van der Waals surface area contributed by atoms with Crippen molar-refractivity contribution in [3.63, 3.8) is 0 Å². The van der Waals surface area contributed by atoms with Crippen LogP contribution < -0.4 is 0 Å². The molecule has 192 valence electrons. The summed E-state index contributed by atoms with van der Waals surface area (Å²) in [7, 11) is 0. The highest BCUT2D eigenvalue weighted by molar-refractivity contribution is 4.76. The van der Waals surface area contributed by atoms with Gasteiger partial charge < -0.3 is 0 Å². The Morgan fingerprint density at radius 1 is 0.182 bits per heavy atom. The zero-order valence-corrected chi connectivity index (χ0v) is 22.6. The van der Waals surface area contributed by atoms with Crippen LogP contribution in [0.1, 0.15) is 173 Å². The van der Waals surface area contributed by atoms with Crippen molar-refractivity contribution < 1.29 is 0 Å². The minimum absolute atomic E-state index is 1.08. The first-order valence-corrected chi connectivity index (χ1v) is 16.3. The molecule has 33 heavy (non-hydrogen) atoms. The molecule has 0 N–H and O–H groups in total. The second kappa shape index (κ2) is 15.2. The van der Waals surface area contributed by atoms with Gasteiger partial charge in [-0.2, -0.15) is 0 Å². The fourth-order valence-electron chi connectivity index (χ4n) is 8.89. The van der Waals surface area contributed by atoms with E-state index in [1.807, 2.05) is 0 Å². The second-order valence-electron chi connectivity index (χ2n) is 13.6. The fourth-order valence-corrected chi connectivity index (χ4v) is 8.89. The summed E-state index contributed by atoms with van der Waals surface area (Å²) in [5.41, 5.74) is 0. The molecule has 0 heterocycles. The average Bonchev–Trinajstić information content (AvgIpc) is 3.28. The maximum absolute atomic E-state index is 1.59. The predicted octanol–water partition coefficient (Wildman–Crippen LogP) is 11.3. The molecule has 0 saturated heterocycles. The van der Waals surface area contributed by atoms with Gasteiger partial charge in [0.2, 0.25) is 0 Å². The summed E-state index contributed by atoms with van der Waals surface area (Å²) in [6, 6.07) is 0. The van der Waals surface area contributed by atoms with Gasteiger partial charge in [-0.05, 0) is 54.8 Å². The predicted molar refractivity (Wildman–Crippen MR) is 146 cm³/mol. The molecule has 0 aliphatic heterocycles. The Balaban J connectivity index is 1.32. The van der Waals surface area contributed by atoms with Crippen molar-refractivity contribution in [1.29, 1.82) is 0 Å². The molecule has 0 atom stereocenters. The maximum Gasteiger partial charge on any atom is -0.0412 e. The van der Waals surface area contributed by atoms with Gasteiger partial charge in [0, 0.05) is 0 Å². The zero-order chi connectivity index (χ0) is 22.6. The number of fused-ring (bicyclic) bond motifs is 6. The Kier molecular flexibility index (Phi) is 12.0. The summed E-state index contributed by atoms with van der Waals surface area (Å²) in [4.78, 5) is 0. The summed E-state index contributed by atoms with van der Waals surface area (Å²) in [5.74, 6) is 6.48. The minimum atomic E-state index is 1.08. The molecule has 0 radical (unpaired) electrons. The van der Waals surface area contributed by atoms with E-state index in [4.69, 9.17) is 0 Å². The van der Waals surface area contributed by atoms with Crippen LogP contribution in [0.3, 0.4) is 0 Å². The molecular weight excluding hydrogens is 396 g/mol. The minimum Gasteiger partial charge on any atom is -0.0530 e.